The molecule has 8 heteroatoms. The molecule has 1 aromatic rings. The van der Waals surface area contributed by atoms with Crippen molar-refractivity contribution in [1.29, 1.82) is 0 Å². The minimum atomic E-state index is -0.562. The summed E-state index contributed by atoms with van der Waals surface area (Å²) in [6, 6.07) is 4.27. The molecule has 1 atom stereocenters. The van der Waals surface area contributed by atoms with Crippen molar-refractivity contribution in [2.75, 3.05) is 19.7 Å². The van der Waals surface area contributed by atoms with Gasteiger partial charge >= 0.3 is 5.69 Å². The van der Waals surface area contributed by atoms with Gasteiger partial charge in [0.15, 0.2) is 5.75 Å². The van der Waals surface area contributed by atoms with E-state index in [1.807, 2.05) is 0 Å². The van der Waals surface area contributed by atoms with E-state index in [9.17, 15) is 14.9 Å². The second-order valence-corrected chi connectivity index (χ2v) is 5.52. The Bertz CT molecular complexity index is 567. The summed E-state index contributed by atoms with van der Waals surface area (Å²) in [5.74, 6) is 0.0727. The Morgan fingerprint density at radius 1 is 1.55 bits per heavy atom. The van der Waals surface area contributed by atoms with Crippen molar-refractivity contribution < 1.29 is 14.5 Å². The number of nitrogens with two attached hydrogens (primary N) is 1. The van der Waals surface area contributed by atoms with Crippen LogP contribution in [-0.4, -0.2) is 41.5 Å². The maximum Gasteiger partial charge on any atom is 0.312 e. The van der Waals surface area contributed by atoms with Crippen molar-refractivity contribution in [2.24, 2.45) is 5.73 Å². The number of amides is 1. The van der Waals surface area contributed by atoms with E-state index in [-0.39, 0.29) is 41.4 Å². The zero-order chi connectivity index (χ0) is 16.1. The fourth-order valence-corrected chi connectivity index (χ4v) is 2.72. The number of nitro benzene ring substituents is 1. The van der Waals surface area contributed by atoms with Crippen molar-refractivity contribution >= 4 is 23.2 Å². The molecule has 22 heavy (non-hydrogen) atoms. The van der Waals surface area contributed by atoms with Crippen LogP contribution in [0, 0.1) is 10.1 Å². The number of nitro groups is 1. The Morgan fingerprint density at radius 3 is 3.00 bits per heavy atom. The second kappa shape index (κ2) is 7.42. The standard InChI is InChI=1S/C14H18ClN3O4/c15-10-3-4-13(12(8-10)18(20)21)22-7-5-14(19)17-6-1-2-11(17)9-16/h3-4,8,11H,1-2,5-7,9,16H2. The lowest BCUT2D eigenvalue weighted by Gasteiger charge is -2.23. The molecular weight excluding hydrogens is 310 g/mol. The number of benzene rings is 1. The van der Waals surface area contributed by atoms with Gasteiger partial charge in [-0.15, -0.1) is 0 Å². The molecule has 1 saturated heterocycles. The predicted molar refractivity (Wildman–Crippen MR) is 82.0 cm³/mol. The highest BCUT2D eigenvalue weighted by Gasteiger charge is 2.27. The van der Waals surface area contributed by atoms with Gasteiger partial charge in [-0.25, -0.2) is 0 Å². The Balaban J connectivity index is 1.91. The Morgan fingerprint density at radius 2 is 2.32 bits per heavy atom. The molecular formula is C14H18ClN3O4. The van der Waals surface area contributed by atoms with Crippen LogP contribution >= 0.6 is 11.6 Å². The number of carbonyl (C=O) groups is 1. The van der Waals surface area contributed by atoms with Gasteiger partial charge in [0.05, 0.1) is 18.0 Å². The van der Waals surface area contributed by atoms with Crippen molar-refractivity contribution in [1.82, 2.24) is 4.90 Å². The van der Waals surface area contributed by atoms with E-state index in [0.717, 1.165) is 12.8 Å². The average Bonchev–Trinajstić information content (AvgIpc) is 2.97. The minimum absolute atomic E-state index is 0.0374. The van der Waals surface area contributed by atoms with Gasteiger partial charge in [-0.3, -0.25) is 14.9 Å². The van der Waals surface area contributed by atoms with Gasteiger partial charge in [-0.05, 0) is 25.0 Å². The molecule has 1 unspecified atom stereocenters. The fraction of sp³-hybridized carbons (Fsp3) is 0.500. The van der Waals surface area contributed by atoms with Gasteiger partial charge < -0.3 is 15.4 Å². The Labute approximate surface area is 133 Å². The quantitative estimate of drug-likeness (QED) is 0.636. The van der Waals surface area contributed by atoms with E-state index in [1.54, 1.807) is 4.90 Å². The van der Waals surface area contributed by atoms with Crippen LogP contribution in [0.2, 0.25) is 5.02 Å². The zero-order valence-corrected chi connectivity index (χ0v) is 12.8. The SMILES string of the molecule is NCC1CCCN1C(=O)CCOc1ccc(Cl)cc1[N+](=O)[O-]. The van der Waals surface area contributed by atoms with E-state index >= 15 is 0 Å². The highest BCUT2D eigenvalue weighted by molar-refractivity contribution is 6.30. The van der Waals surface area contributed by atoms with E-state index in [1.165, 1.54) is 18.2 Å². The van der Waals surface area contributed by atoms with Crippen LogP contribution in [0.25, 0.3) is 0 Å². The zero-order valence-electron chi connectivity index (χ0n) is 12.0. The number of rotatable bonds is 6. The number of nitrogens with zero attached hydrogens (tertiary/aromatic N) is 2. The fourth-order valence-electron chi connectivity index (χ4n) is 2.56. The Kier molecular flexibility index (Phi) is 5.57. The molecule has 0 spiro atoms. The molecule has 0 aromatic heterocycles. The molecule has 1 fully saturated rings. The largest absolute Gasteiger partial charge is 0.486 e. The maximum absolute atomic E-state index is 12.1. The number of ether oxygens (including phenoxy) is 1. The lowest BCUT2D eigenvalue weighted by molar-refractivity contribution is -0.385. The summed E-state index contributed by atoms with van der Waals surface area (Å²) in [5, 5.41) is 11.2. The van der Waals surface area contributed by atoms with Gasteiger partial charge in [-0.2, -0.15) is 0 Å². The molecule has 1 amide bonds. The summed E-state index contributed by atoms with van der Waals surface area (Å²) in [6.07, 6.45) is 2.04. The number of carbonyl (C=O) groups excluding carboxylic acids is 1. The summed E-state index contributed by atoms with van der Waals surface area (Å²) in [5.41, 5.74) is 5.43. The number of likely N-dealkylation sites (tertiary alicyclic amines) is 1. The molecule has 1 aliphatic rings. The highest BCUT2D eigenvalue weighted by Crippen LogP contribution is 2.30. The van der Waals surface area contributed by atoms with Crippen LogP contribution in [0.3, 0.4) is 0 Å². The molecule has 0 bridgehead atoms. The molecule has 0 saturated carbocycles. The topological polar surface area (TPSA) is 98.7 Å². The van der Waals surface area contributed by atoms with Crippen molar-refractivity contribution in [3.63, 3.8) is 0 Å². The summed E-state index contributed by atoms with van der Waals surface area (Å²) >= 11 is 5.73. The first kappa shape index (κ1) is 16.5. The molecule has 1 aliphatic heterocycles. The van der Waals surface area contributed by atoms with Crippen LogP contribution < -0.4 is 10.5 Å². The third kappa shape index (κ3) is 3.86. The van der Waals surface area contributed by atoms with Crippen LogP contribution in [0.4, 0.5) is 5.69 Å². The average molecular weight is 328 g/mol. The highest BCUT2D eigenvalue weighted by atomic mass is 35.5. The number of halogens is 1. The van der Waals surface area contributed by atoms with Gasteiger partial charge in [-0.1, -0.05) is 11.6 Å². The molecule has 2 N–H and O–H groups in total. The minimum Gasteiger partial charge on any atom is -0.486 e. The van der Waals surface area contributed by atoms with Crippen LogP contribution in [-0.2, 0) is 4.79 Å². The summed E-state index contributed by atoms with van der Waals surface area (Å²) in [6.45, 7) is 1.24. The monoisotopic (exact) mass is 327 g/mol. The molecule has 1 aromatic carbocycles. The second-order valence-electron chi connectivity index (χ2n) is 5.09. The van der Waals surface area contributed by atoms with Crippen molar-refractivity contribution in [3.05, 3.63) is 33.3 Å². The molecule has 120 valence electrons. The van der Waals surface area contributed by atoms with Crippen molar-refractivity contribution in [2.45, 2.75) is 25.3 Å². The van der Waals surface area contributed by atoms with E-state index in [0.29, 0.717) is 13.1 Å². The number of hydrogen-bond acceptors (Lipinski definition) is 5. The van der Waals surface area contributed by atoms with Crippen molar-refractivity contribution in [3.8, 4) is 5.75 Å². The van der Waals surface area contributed by atoms with E-state index in [2.05, 4.69) is 0 Å². The van der Waals surface area contributed by atoms with E-state index in [4.69, 9.17) is 22.1 Å². The maximum atomic E-state index is 12.1. The lowest BCUT2D eigenvalue weighted by Crippen LogP contribution is -2.40. The third-order valence-electron chi connectivity index (χ3n) is 3.66. The third-order valence-corrected chi connectivity index (χ3v) is 3.90. The molecule has 2 rings (SSSR count). The number of hydrogen-bond donors (Lipinski definition) is 1. The van der Waals surface area contributed by atoms with Gasteiger partial charge in [0.2, 0.25) is 5.91 Å². The normalized spacial score (nSPS) is 17.5. The summed E-state index contributed by atoms with van der Waals surface area (Å²) in [7, 11) is 0. The van der Waals surface area contributed by atoms with Crippen LogP contribution in [0.1, 0.15) is 19.3 Å². The molecule has 0 radical (unpaired) electrons. The lowest BCUT2D eigenvalue weighted by atomic mass is 10.2. The first-order valence-electron chi connectivity index (χ1n) is 7.09. The first-order valence-corrected chi connectivity index (χ1v) is 7.47. The predicted octanol–water partition coefficient (Wildman–Crippen LogP) is 1.97. The van der Waals surface area contributed by atoms with E-state index < -0.39 is 4.92 Å². The first-order chi connectivity index (χ1) is 10.5. The summed E-state index contributed by atoms with van der Waals surface area (Å²) < 4.78 is 5.37. The van der Waals surface area contributed by atoms with Crippen LogP contribution in [0.5, 0.6) is 5.75 Å². The van der Waals surface area contributed by atoms with Crippen LogP contribution in [0.15, 0.2) is 18.2 Å². The van der Waals surface area contributed by atoms with Gasteiger partial charge in [0, 0.05) is 30.2 Å². The molecule has 7 nitrogen and oxygen atoms in total. The summed E-state index contributed by atoms with van der Waals surface area (Å²) in [4.78, 5) is 24.3. The smallest absolute Gasteiger partial charge is 0.312 e. The van der Waals surface area contributed by atoms with Gasteiger partial charge in [0.25, 0.3) is 0 Å². The molecule has 0 aliphatic carbocycles. The molecule has 1 heterocycles. The Hall–Kier alpha value is -1.86. The van der Waals surface area contributed by atoms with Gasteiger partial charge in [0.1, 0.15) is 0 Å².